The molecule has 7 heteroatoms. The Labute approximate surface area is 117 Å². The molecule has 0 saturated heterocycles. The number of amides is 1. The summed E-state index contributed by atoms with van der Waals surface area (Å²) in [6.45, 7) is 1.78. The van der Waals surface area contributed by atoms with Gasteiger partial charge < -0.3 is 10.4 Å². The third-order valence-corrected chi connectivity index (χ3v) is 3.45. The molecule has 0 unspecified atom stereocenters. The van der Waals surface area contributed by atoms with E-state index in [0.717, 1.165) is 5.01 Å². The van der Waals surface area contributed by atoms with Crippen LogP contribution in [0, 0.1) is 6.92 Å². The monoisotopic (exact) mass is 296 g/mol. The first-order chi connectivity index (χ1) is 8.97. The van der Waals surface area contributed by atoms with Gasteiger partial charge in [0.05, 0.1) is 22.5 Å². The third-order valence-electron chi connectivity index (χ3n) is 2.31. The Morgan fingerprint density at radius 3 is 2.74 bits per heavy atom. The number of rotatable bonds is 3. The first-order valence-corrected chi connectivity index (χ1v) is 6.43. The van der Waals surface area contributed by atoms with Crippen LogP contribution in [0.25, 0.3) is 0 Å². The van der Waals surface area contributed by atoms with Crippen molar-refractivity contribution in [1.29, 1.82) is 0 Å². The lowest BCUT2D eigenvalue weighted by molar-refractivity contribution is 0.0698. The summed E-state index contributed by atoms with van der Waals surface area (Å²) in [7, 11) is 0. The molecule has 0 radical (unpaired) electrons. The number of hydrogen-bond acceptors (Lipinski definition) is 4. The minimum absolute atomic E-state index is 0.0148. The van der Waals surface area contributed by atoms with Gasteiger partial charge in [0.1, 0.15) is 4.88 Å². The second-order valence-electron chi connectivity index (χ2n) is 3.69. The average molecular weight is 297 g/mol. The van der Waals surface area contributed by atoms with Gasteiger partial charge in [0.2, 0.25) is 0 Å². The van der Waals surface area contributed by atoms with Gasteiger partial charge in [-0.3, -0.25) is 4.79 Å². The zero-order valence-corrected chi connectivity index (χ0v) is 11.4. The van der Waals surface area contributed by atoms with Crippen molar-refractivity contribution in [3.05, 3.63) is 44.9 Å². The van der Waals surface area contributed by atoms with E-state index < -0.39 is 11.9 Å². The molecule has 98 valence electrons. The largest absolute Gasteiger partial charge is 0.478 e. The van der Waals surface area contributed by atoms with Crippen molar-refractivity contribution in [1.82, 2.24) is 4.98 Å². The van der Waals surface area contributed by atoms with E-state index in [9.17, 15) is 9.59 Å². The van der Waals surface area contributed by atoms with Crippen molar-refractivity contribution >= 4 is 40.5 Å². The number of carboxylic acid groups (broad SMARTS) is 1. The number of halogens is 1. The number of aromatic nitrogens is 1. The highest BCUT2D eigenvalue weighted by Gasteiger charge is 2.15. The summed E-state index contributed by atoms with van der Waals surface area (Å²) in [4.78, 5) is 27.4. The first-order valence-electron chi connectivity index (χ1n) is 5.24. The van der Waals surface area contributed by atoms with Gasteiger partial charge >= 0.3 is 5.97 Å². The SMILES string of the molecule is Cc1ncc(C(=O)Nc2cc(Cl)ccc2C(=O)O)s1. The molecular weight excluding hydrogens is 288 g/mol. The fraction of sp³-hybridized carbons (Fsp3) is 0.0833. The Balaban J connectivity index is 2.30. The number of benzene rings is 1. The maximum Gasteiger partial charge on any atom is 0.337 e. The number of aryl methyl sites for hydroxylation is 1. The predicted molar refractivity (Wildman–Crippen MR) is 73.2 cm³/mol. The Morgan fingerprint density at radius 1 is 1.42 bits per heavy atom. The molecule has 0 aliphatic rings. The summed E-state index contributed by atoms with van der Waals surface area (Å²) in [5, 5.41) is 12.7. The molecule has 0 fully saturated rings. The molecule has 2 aromatic rings. The standard InChI is InChI=1S/C12H9ClN2O3S/c1-6-14-5-10(19-6)11(16)15-9-4-7(13)2-3-8(9)12(17)18/h2-5H,1H3,(H,15,16)(H,17,18). The van der Waals surface area contributed by atoms with Crippen LogP contribution >= 0.6 is 22.9 Å². The number of aromatic carboxylic acids is 1. The van der Waals surface area contributed by atoms with Crippen LogP contribution < -0.4 is 5.32 Å². The van der Waals surface area contributed by atoms with Crippen molar-refractivity contribution in [2.45, 2.75) is 6.92 Å². The second-order valence-corrected chi connectivity index (χ2v) is 5.36. The van der Waals surface area contributed by atoms with Crippen LogP contribution in [-0.2, 0) is 0 Å². The van der Waals surface area contributed by atoms with E-state index in [4.69, 9.17) is 16.7 Å². The molecule has 0 saturated carbocycles. The second kappa shape index (κ2) is 5.38. The molecule has 1 amide bonds. The number of carbonyl (C=O) groups is 2. The van der Waals surface area contributed by atoms with Crippen LogP contribution in [0.3, 0.4) is 0 Å². The maximum absolute atomic E-state index is 11.9. The summed E-state index contributed by atoms with van der Waals surface area (Å²) in [6.07, 6.45) is 1.44. The van der Waals surface area contributed by atoms with Gasteiger partial charge in [0.25, 0.3) is 5.91 Å². The minimum atomic E-state index is -1.13. The average Bonchev–Trinajstić information content (AvgIpc) is 2.75. The molecule has 0 bridgehead atoms. The lowest BCUT2D eigenvalue weighted by atomic mass is 10.2. The lowest BCUT2D eigenvalue weighted by Gasteiger charge is -2.07. The van der Waals surface area contributed by atoms with Crippen molar-refractivity contribution < 1.29 is 14.7 Å². The minimum Gasteiger partial charge on any atom is -0.478 e. The zero-order valence-electron chi connectivity index (χ0n) is 9.81. The van der Waals surface area contributed by atoms with Gasteiger partial charge in [0.15, 0.2) is 0 Å². The summed E-state index contributed by atoms with van der Waals surface area (Å²) >= 11 is 7.03. The number of anilines is 1. The Hall–Kier alpha value is -1.92. The van der Waals surface area contributed by atoms with E-state index in [-0.39, 0.29) is 11.3 Å². The molecule has 0 aliphatic carbocycles. The molecule has 1 aromatic heterocycles. The summed E-state index contributed by atoms with van der Waals surface area (Å²) < 4.78 is 0. The van der Waals surface area contributed by atoms with Crippen LogP contribution in [0.15, 0.2) is 24.4 Å². The highest BCUT2D eigenvalue weighted by Crippen LogP contribution is 2.22. The van der Waals surface area contributed by atoms with Gasteiger partial charge in [-0.1, -0.05) is 11.6 Å². The molecule has 1 heterocycles. The van der Waals surface area contributed by atoms with Crippen LogP contribution in [0.1, 0.15) is 25.0 Å². The van der Waals surface area contributed by atoms with Crippen LogP contribution in [-0.4, -0.2) is 22.0 Å². The van der Waals surface area contributed by atoms with Crippen LogP contribution in [0.5, 0.6) is 0 Å². The summed E-state index contributed by atoms with van der Waals surface area (Å²) in [5.41, 5.74) is 0.148. The molecule has 19 heavy (non-hydrogen) atoms. The lowest BCUT2D eigenvalue weighted by Crippen LogP contribution is -2.13. The molecule has 2 rings (SSSR count). The zero-order chi connectivity index (χ0) is 14.0. The van der Waals surface area contributed by atoms with E-state index in [2.05, 4.69) is 10.3 Å². The van der Waals surface area contributed by atoms with Crippen LogP contribution in [0.4, 0.5) is 5.69 Å². The van der Waals surface area contributed by atoms with E-state index in [1.807, 2.05) is 0 Å². The van der Waals surface area contributed by atoms with Gasteiger partial charge in [-0.05, 0) is 25.1 Å². The highest BCUT2D eigenvalue weighted by atomic mass is 35.5. The molecule has 5 nitrogen and oxygen atoms in total. The highest BCUT2D eigenvalue weighted by molar-refractivity contribution is 7.13. The molecule has 0 aliphatic heterocycles. The molecule has 2 N–H and O–H groups in total. The number of carbonyl (C=O) groups excluding carboxylic acids is 1. The fourth-order valence-corrected chi connectivity index (χ4v) is 2.30. The Bertz CT molecular complexity index is 654. The Kier molecular flexibility index (Phi) is 3.82. The molecule has 0 spiro atoms. The van der Waals surface area contributed by atoms with Crippen molar-refractivity contribution in [2.24, 2.45) is 0 Å². The summed E-state index contributed by atoms with van der Waals surface area (Å²) in [5.74, 6) is -1.54. The summed E-state index contributed by atoms with van der Waals surface area (Å²) in [6, 6.07) is 4.20. The van der Waals surface area contributed by atoms with Crippen LogP contribution in [0.2, 0.25) is 5.02 Å². The number of nitrogens with one attached hydrogen (secondary N) is 1. The number of thiazole rings is 1. The smallest absolute Gasteiger partial charge is 0.337 e. The first kappa shape index (κ1) is 13.5. The number of nitrogens with zero attached hydrogens (tertiary/aromatic N) is 1. The van der Waals surface area contributed by atoms with Gasteiger partial charge in [-0.15, -0.1) is 11.3 Å². The van der Waals surface area contributed by atoms with E-state index >= 15 is 0 Å². The van der Waals surface area contributed by atoms with Gasteiger partial charge in [-0.2, -0.15) is 0 Å². The Morgan fingerprint density at radius 2 is 2.16 bits per heavy atom. The van der Waals surface area contributed by atoms with E-state index in [1.54, 1.807) is 6.92 Å². The molecule has 0 atom stereocenters. The third kappa shape index (κ3) is 3.10. The number of carboxylic acids is 1. The molecular formula is C12H9ClN2O3S. The van der Waals surface area contributed by atoms with Crippen molar-refractivity contribution in [3.63, 3.8) is 0 Å². The molecule has 1 aromatic carbocycles. The van der Waals surface area contributed by atoms with Gasteiger partial charge in [0, 0.05) is 5.02 Å². The van der Waals surface area contributed by atoms with E-state index in [1.165, 1.54) is 35.7 Å². The quantitative estimate of drug-likeness (QED) is 0.912. The number of hydrogen-bond donors (Lipinski definition) is 2. The normalized spacial score (nSPS) is 10.2. The topological polar surface area (TPSA) is 79.3 Å². The predicted octanol–water partition coefficient (Wildman–Crippen LogP) is 3.06. The van der Waals surface area contributed by atoms with Gasteiger partial charge in [-0.25, -0.2) is 9.78 Å². The van der Waals surface area contributed by atoms with E-state index in [0.29, 0.717) is 9.90 Å². The maximum atomic E-state index is 11.9. The van der Waals surface area contributed by atoms with Crippen molar-refractivity contribution in [3.8, 4) is 0 Å². The van der Waals surface area contributed by atoms with Crippen molar-refractivity contribution in [2.75, 3.05) is 5.32 Å². The fourth-order valence-electron chi connectivity index (χ4n) is 1.46.